The summed E-state index contributed by atoms with van der Waals surface area (Å²) in [7, 11) is 0. The van der Waals surface area contributed by atoms with Gasteiger partial charge in [-0.15, -0.1) is 0 Å². The maximum Gasteiger partial charge on any atom is 0.225 e. The van der Waals surface area contributed by atoms with Crippen molar-refractivity contribution in [3.8, 4) is 0 Å². The Balaban J connectivity index is 1.55. The number of primary amides is 1. The van der Waals surface area contributed by atoms with Crippen LogP contribution in [0.1, 0.15) is 43.6 Å². The van der Waals surface area contributed by atoms with Crippen LogP contribution in [0.15, 0.2) is 30.3 Å². The molecule has 2 atom stereocenters. The lowest BCUT2D eigenvalue weighted by atomic mass is 9.85. The zero-order chi connectivity index (χ0) is 14.9. The van der Waals surface area contributed by atoms with Gasteiger partial charge in [0.2, 0.25) is 11.8 Å². The van der Waals surface area contributed by atoms with E-state index in [0.717, 1.165) is 32.1 Å². The third-order valence-corrected chi connectivity index (χ3v) is 5.04. The van der Waals surface area contributed by atoms with Crippen molar-refractivity contribution in [1.29, 1.82) is 0 Å². The molecule has 0 bridgehead atoms. The van der Waals surface area contributed by atoms with Crippen LogP contribution in [0.25, 0.3) is 0 Å². The highest BCUT2D eigenvalue weighted by atomic mass is 16.2. The summed E-state index contributed by atoms with van der Waals surface area (Å²) in [6.45, 7) is 0.402. The fraction of sp³-hybridized carbons (Fsp3) is 0.529. The minimum Gasteiger partial charge on any atom is -0.369 e. The molecule has 4 nitrogen and oxygen atoms in total. The molecular weight excluding hydrogens is 264 g/mol. The molecule has 2 aliphatic carbocycles. The molecule has 1 aromatic rings. The van der Waals surface area contributed by atoms with E-state index in [2.05, 4.69) is 17.4 Å². The highest BCUT2D eigenvalue weighted by Crippen LogP contribution is 2.47. The van der Waals surface area contributed by atoms with E-state index < -0.39 is 5.41 Å². The molecule has 2 amide bonds. The molecule has 0 aliphatic heterocycles. The van der Waals surface area contributed by atoms with E-state index in [1.54, 1.807) is 0 Å². The van der Waals surface area contributed by atoms with Crippen molar-refractivity contribution in [1.82, 2.24) is 5.32 Å². The second kappa shape index (κ2) is 5.51. The van der Waals surface area contributed by atoms with Crippen molar-refractivity contribution in [2.45, 2.75) is 38.0 Å². The molecule has 0 saturated heterocycles. The largest absolute Gasteiger partial charge is 0.369 e. The summed E-state index contributed by atoms with van der Waals surface area (Å²) in [4.78, 5) is 23.9. The maximum atomic E-state index is 12.2. The number of benzene rings is 1. The standard InChI is InChI=1S/C17H22N2O2/c18-16(21)17(8-4-5-9-17)11-19-15(20)14-10-13(14)12-6-2-1-3-7-12/h1-3,6-7,13-14H,4-5,8-11H2,(H2,18,21)(H,19,20)/t13-,14+/m1/s1. The van der Waals surface area contributed by atoms with Gasteiger partial charge >= 0.3 is 0 Å². The molecular formula is C17H22N2O2. The minimum absolute atomic E-state index is 0.0544. The Kier molecular flexibility index (Phi) is 3.70. The zero-order valence-electron chi connectivity index (χ0n) is 12.2. The van der Waals surface area contributed by atoms with Crippen molar-refractivity contribution in [3.63, 3.8) is 0 Å². The molecule has 2 aliphatic rings. The lowest BCUT2D eigenvalue weighted by Gasteiger charge is -2.25. The summed E-state index contributed by atoms with van der Waals surface area (Å²) in [5.41, 5.74) is 6.26. The van der Waals surface area contributed by atoms with E-state index in [9.17, 15) is 9.59 Å². The van der Waals surface area contributed by atoms with Crippen LogP contribution in [0, 0.1) is 11.3 Å². The number of hydrogen-bond acceptors (Lipinski definition) is 2. The van der Waals surface area contributed by atoms with Crippen LogP contribution < -0.4 is 11.1 Å². The maximum absolute atomic E-state index is 12.2. The van der Waals surface area contributed by atoms with E-state index in [1.165, 1.54) is 5.56 Å². The molecule has 0 unspecified atom stereocenters. The van der Waals surface area contributed by atoms with Gasteiger partial charge in [-0.1, -0.05) is 43.2 Å². The second-order valence-corrected chi connectivity index (χ2v) is 6.43. The third-order valence-electron chi connectivity index (χ3n) is 5.04. The van der Waals surface area contributed by atoms with Gasteiger partial charge in [-0.05, 0) is 30.7 Å². The van der Waals surface area contributed by atoms with Gasteiger partial charge in [-0.2, -0.15) is 0 Å². The fourth-order valence-corrected chi connectivity index (χ4v) is 3.50. The molecule has 0 heterocycles. The summed E-state index contributed by atoms with van der Waals surface area (Å²) in [6, 6.07) is 10.1. The van der Waals surface area contributed by atoms with Gasteiger partial charge in [0.15, 0.2) is 0 Å². The summed E-state index contributed by atoms with van der Waals surface area (Å²) in [5.74, 6) is 0.185. The van der Waals surface area contributed by atoms with Crippen molar-refractivity contribution < 1.29 is 9.59 Å². The third kappa shape index (κ3) is 2.80. The van der Waals surface area contributed by atoms with E-state index in [4.69, 9.17) is 5.73 Å². The Morgan fingerprint density at radius 2 is 1.86 bits per heavy atom. The molecule has 112 valence electrons. The molecule has 4 heteroatoms. The molecule has 0 radical (unpaired) electrons. The van der Waals surface area contributed by atoms with Gasteiger partial charge in [-0.25, -0.2) is 0 Å². The molecule has 3 rings (SSSR count). The second-order valence-electron chi connectivity index (χ2n) is 6.43. The molecule has 0 aromatic heterocycles. The highest BCUT2D eigenvalue weighted by Gasteiger charge is 2.45. The number of carbonyl (C=O) groups is 2. The lowest BCUT2D eigenvalue weighted by molar-refractivity contribution is -0.128. The summed E-state index contributed by atoms with van der Waals surface area (Å²) >= 11 is 0. The van der Waals surface area contributed by atoms with E-state index >= 15 is 0 Å². The smallest absolute Gasteiger partial charge is 0.225 e. The van der Waals surface area contributed by atoms with Crippen LogP contribution in [0.2, 0.25) is 0 Å². The molecule has 2 fully saturated rings. The SMILES string of the molecule is NC(=O)C1(CNC(=O)[C@H]2C[C@@H]2c2ccccc2)CCCC1. The Bertz CT molecular complexity index is 535. The quantitative estimate of drug-likeness (QED) is 0.868. The van der Waals surface area contributed by atoms with Gasteiger partial charge in [0.1, 0.15) is 0 Å². The Morgan fingerprint density at radius 3 is 2.48 bits per heavy atom. The molecule has 1 aromatic carbocycles. The number of carbonyl (C=O) groups excluding carboxylic acids is 2. The number of nitrogens with one attached hydrogen (secondary N) is 1. The van der Waals surface area contributed by atoms with E-state index in [-0.39, 0.29) is 17.7 Å². The van der Waals surface area contributed by atoms with Gasteiger partial charge < -0.3 is 11.1 Å². The predicted molar refractivity (Wildman–Crippen MR) is 80.4 cm³/mol. The minimum atomic E-state index is -0.507. The fourth-order valence-electron chi connectivity index (χ4n) is 3.50. The highest BCUT2D eigenvalue weighted by molar-refractivity contribution is 5.85. The predicted octanol–water partition coefficient (Wildman–Crippen LogP) is 1.95. The Hall–Kier alpha value is -1.84. The number of hydrogen-bond donors (Lipinski definition) is 2. The first kappa shape index (κ1) is 14.1. The topological polar surface area (TPSA) is 72.2 Å². The molecule has 2 saturated carbocycles. The first-order valence-corrected chi connectivity index (χ1v) is 7.75. The van der Waals surface area contributed by atoms with Gasteiger partial charge in [0, 0.05) is 12.5 Å². The zero-order valence-corrected chi connectivity index (χ0v) is 12.2. The van der Waals surface area contributed by atoms with E-state index in [0.29, 0.717) is 12.5 Å². The van der Waals surface area contributed by atoms with Crippen molar-refractivity contribution in [2.24, 2.45) is 17.1 Å². The Labute approximate surface area is 125 Å². The van der Waals surface area contributed by atoms with Gasteiger partial charge in [0.05, 0.1) is 5.41 Å². The van der Waals surface area contributed by atoms with Crippen LogP contribution in [0.5, 0.6) is 0 Å². The van der Waals surface area contributed by atoms with Crippen molar-refractivity contribution in [2.75, 3.05) is 6.54 Å². The summed E-state index contributed by atoms with van der Waals surface area (Å²) in [6.07, 6.45) is 4.55. The normalized spacial score (nSPS) is 26.3. The number of rotatable bonds is 5. The first-order chi connectivity index (χ1) is 10.1. The Morgan fingerprint density at radius 1 is 1.19 bits per heavy atom. The van der Waals surface area contributed by atoms with Crippen LogP contribution >= 0.6 is 0 Å². The van der Waals surface area contributed by atoms with Crippen molar-refractivity contribution in [3.05, 3.63) is 35.9 Å². The van der Waals surface area contributed by atoms with Crippen LogP contribution in [-0.4, -0.2) is 18.4 Å². The van der Waals surface area contributed by atoms with Crippen LogP contribution in [0.4, 0.5) is 0 Å². The average molecular weight is 286 g/mol. The first-order valence-electron chi connectivity index (χ1n) is 7.75. The summed E-state index contributed by atoms with van der Waals surface area (Å²) < 4.78 is 0. The van der Waals surface area contributed by atoms with Crippen LogP contribution in [-0.2, 0) is 9.59 Å². The van der Waals surface area contributed by atoms with E-state index in [1.807, 2.05) is 18.2 Å². The average Bonchev–Trinajstić information content (AvgIpc) is 3.16. The van der Waals surface area contributed by atoms with Gasteiger partial charge in [0.25, 0.3) is 0 Å². The molecule has 21 heavy (non-hydrogen) atoms. The van der Waals surface area contributed by atoms with Crippen LogP contribution in [0.3, 0.4) is 0 Å². The number of nitrogens with two attached hydrogens (primary N) is 1. The molecule has 3 N–H and O–H groups in total. The number of amides is 2. The van der Waals surface area contributed by atoms with Crippen molar-refractivity contribution >= 4 is 11.8 Å². The summed E-state index contributed by atoms with van der Waals surface area (Å²) in [5, 5.41) is 2.97. The lowest BCUT2D eigenvalue weighted by Crippen LogP contribution is -2.45. The van der Waals surface area contributed by atoms with Gasteiger partial charge in [-0.3, -0.25) is 9.59 Å². The monoisotopic (exact) mass is 286 g/mol. The molecule has 0 spiro atoms.